The van der Waals surface area contributed by atoms with Gasteiger partial charge in [-0.2, -0.15) is 5.26 Å². The fraction of sp³-hybridized carbons (Fsp3) is 0.308. The number of benzene rings is 1. The highest BCUT2D eigenvalue weighted by atomic mass is 35.5. The second-order valence-electron chi connectivity index (χ2n) is 4.38. The van der Waals surface area contributed by atoms with Gasteiger partial charge in [0.1, 0.15) is 11.9 Å². The summed E-state index contributed by atoms with van der Waals surface area (Å²) in [5.74, 6) is 0.156. The summed E-state index contributed by atoms with van der Waals surface area (Å²) >= 11 is 5.90. The number of fused-ring (bicyclic) bond motifs is 1. The van der Waals surface area contributed by atoms with E-state index in [4.69, 9.17) is 21.3 Å². The zero-order chi connectivity index (χ0) is 12.6. The molecule has 0 amide bonds. The number of hydrogen-bond donors (Lipinski definition) is 0. The molecule has 1 aromatic heterocycles. The minimum absolute atomic E-state index is 0.200. The topological polar surface area (TPSA) is 36.9 Å². The fourth-order valence-corrected chi connectivity index (χ4v) is 2.12. The van der Waals surface area contributed by atoms with Gasteiger partial charge in [-0.3, -0.25) is 0 Å². The molecule has 0 saturated carbocycles. The van der Waals surface area contributed by atoms with Crippen LogP contribution in [0.4, 0.5) is 4.39 Å². The fourth-order valence-electron chi connectivity index (χ4n) is 1.88. The van der Waals surface area contributed by atoms with E-state index in [1.54, 1.807) is 0 Å². The first-order valence-corrected chi connectivity index (χ1v) is 5.71. The summed E-state index contributed by atoms with van der Waals surface area (Å²) in [6.45, 7) is 4.06. The van der Waals surface area contributed by atoms with Gasteiger partial charge in [-0.05, 0) is 24.5 Å². The number of rotatable bonds is 2. The molecule has 0 aliphatic rings. The molecule has 1 heterocycles. The van der Waals surface area contributed by atoms with Gasteiger partial charge in [-0.25, -0.2) is 4.39 Å². The van der Waals surface area contributed by atoms with Crippen molar-refractivity contribution in [1.82, 2.24) is 0 Å². The van der Waals surface area contributed by atoms with Crippen LogP contribution in [0.15, 0.2) is 16.5 Å². The molecule has 17 heavy (non-hydrogen) atoms. The maximum Gasteiger partial charge on any atom is 0.208 e. The molecule has 0 aliphatic carbocycles. The SMILES string of the molecule is CC(C)Cc1c(C#N)oc2c(Cl)cc(F)cc12. The quantitative estimate of drug-likeness (QED) is 0.798. The molecular weight excluding hydrogens is 241 g/mol. The third kappa shape index (κ3) is 2.13. The predicted molar refractivity (Wildman–Crippen MR) is 64.4 cm³/mol. The van der Waals surface area contributed by atoms with E-state index in [-0.39, 0.29) is 10.8 Å². The molecule has 2 nitrogen and oxygen atoms in total. The lowest BCUT2D eigenvalue weighted by Gasteiger charge is -2.02. The molecule has 2 aromatic rings. The minimum Gasteiger partial charge on any atom is -0.444 e. The van der Waals surface area contributed by atoms with Gasteiger partial charge in [0.2, 0.25) is 5.76 Å². The molecule has 0 atom stereocenters. The monoisotopic (exact) mass is 251 g/mol. The Kier molecular flexibility index (Phi) is 3.08. The van der Waals surface area contributed by atoms with Crippen LogP contribution in [0.1, 0.15) is 25.2 Å². The molecule has 0 bridgehead atoms. The Balaban J connectivity index is 2.75. The van der Waals surface area contributed by atoms with Crippen molar-refractivity contribution in [2.75, 3.05) is 0 Å². The van der Waals surface area contributed by atoms with E-state index in [1.165, 1.54) is 12.1 Å². The Morgan fingerprint density at radius 2 is 2.18 bits per heavy atom. The zero-order valence-electron chi connectivity index (χ0n) is 9.55. The second kappa shape index (κ2) is 4.38. The van der Waals surface area contributed by atoms with Crippen molar-refractivity contribution in [3.05, 3.63) is 34.3 Å². The van der Waals surface area contributed by atoms with Crippen LogP contribution in [-0.2, 0) is 6.42 Å². The average molecular weight is 252 g/mol. The van der Waals surface area contributed by atoms with Crippen molar-refractivity contribution in [2.45, 2.75) is 20.3 Å². The first-order valence-electron chi connectivity index (χ1n) is 5.33. The largest absolute Gasteiger partial charge is 0.444 e. The van der Waals surface area contributed by atoms with Gasteiger partial charge in [0.05, 0.1) is 5.02 Å². The summed E-state index contributed by atoms with van der Waals surface area (Å²) in [7, 11) is 0. The van der Waals surface area contributed by atoms with Crippen molar-refractivity contribution in [2.24, 2.45) is 5.92 Å². The smallest absolute Gasteiger partial charge is 0.208 e. The molecule has 0 fully saturated rings. The maximum atomic E-state index is 13.3. The summed E-state index contributed by atoms with van der Waals surface area (Å²) in [4.78, 5) is 0. The van der Waals surface area contributed by atoms with E-state index in [2.05, 4.69) is 0 Å². The third-order valence-corrected chi connectivity index (χ3v) is 2.81. The molecule has 0 N–H and O–H groups in total. The number of nitriles is 1. The standard InChI is InChI=1S/C13H11ClFNO/c1-7(2)3-9-10-4-8(15)5-11(14)13(10)17-12(9)6-16/h4-5,7H,3H2,1-2H3. The van der Waals surface area contributed by atoms with Crippen LogP contribution in [-0.4, -0.2) is 0 Å². The Morgan fingerprint density at radius 1 is 1.47 bits per heavy atom. The molecule has 0 radical (unpaired) electrons. The van der Waals surface area contributed by atoms with Gasteiger partial charge in [0.25, 0.3) is 0 Å². The van der Waals surface area contributed by atoms with Gasteiger partial charge >= 0.3 is 0 Å². The van der Waals surface area contributed by atoms with Crippen molar-refractivity contribution in [1.29, 1.82) is 5.26 Å². The Bertz CT molecular complexity index is 610. The Hall–Kier alpha value is -1.53. The summed E-state index contributed by atoms with van der Waals surface area (Å²) in [6, 6.07) is 4.54. The highest BCUT2D eigenvalue weighted by Gasteiger charge is 2.18. The normalized spacial score (nSPS) is 11.1. The summed E-state index contributed by atoms with van der Waals surface area (Å²) in [6.07, 6.45) is 0.662. The molecule has 88 valence electrons. The van der Waals surface area contributed by atoms with Crippen LogP contribution >= 0.6 is 11.6 Å². The average Bonchev–Trinajstić information content (AvgIpc) is 2.56. The maximum absolute atomic E-state index is 13.3. The molecular formula is C13H11ClFNO. The summed E-state index contributed by atoms with van der Waals surface area (Å²) in [5.41, 5.74) is 1.12. The van der Waals surface area contributed by atoms with E-state index in [9.17, 15) is 4.39 Å². The van der Waals surface area contributed by atoms with E-state index in [0.29, 0.717) is 23.3 Å². The van der Waals surface area contributed by atoms with Crippen LogP contribution in [0.25, 0.3) is 11.0 Å². The minimum atomic E-state index is -0.419. The number of furan rings is 1. The van der Waals surface area contributed by atoms with Crippen molar-refractivity contribution < 1.29 is 8.81 Å². The van der Waals surface area contributed by atoms with Crippen LogP contribution in [0.5, 0.6) is 0 Å². The molecule has 4 heteroatoms. The van der Waals surface area contributed by atoms with E-state index < -0.39 is 5.82 Å². The number of halogens is 2. The second-order valence-corrected chi connectivity index (χ2v) is 4.79. The molecule has 0 unspecified atom stereocenters. The predicted octanol–water partition coefficient (Wildman–Crippen LogP) is 4.30. The molecule has 2 rings (SSSR count). The molecule has 0 spiro atoms. The van der Waals surface area contributed by atoms with Crippen molar-refractivity contribution >= 4 is 22.6 Å². The van der Waals surface area contributed by atoms with Crippen molar-refractivity contribution in [3.8, 4) is 6.07 Å². The van der Waals surface area contributed by atoms with E-state index in [1.807, 2.05) is 19.9 Å². The lowest BCUT2D eigenvalue weighted by atomic mass is 10.00. The third-order valence-electron chi connectivity index (χ3n) is 2.53. The van der Waals surface area contributed by atoms with Gasteiger partial charge < -0.3 is 4.42 Å². The lowest BCUT2D eigenvalue weighted by Crippen LogP contribution is -1.95. The zero-order valence-corrected chi connectivity index (χ0v) is 10.3. The van der Waals surface area contributed by atoms with Gasteiger partial charge in [-0.1, -0.05) is 25.4 Å². The molecule has 1 aromatic carbocycles. The van der Waals surface area contributed by atoms with Crippen LogP contribution in [0.2, 0.25) is 5.02 Å². The van der Waals surface area contributed by atoms with Crippen LogP contribution in [0, 0.1) is 23.1 Å². The highest BCUT2D eigenvalue weighted by molar-refractivity contribution is 6.35. The van der Waals surface area contributed by atoms with Crippen molar-refractivity contribution in [3.63, 3.8) is 0 Å². The van der Waals surface area contributed by atoms with Crippen LogP contribution in [0.3, 0.4) is 0 Å². The Labute approximate surface area is 104 Å². The van der Waals surface area contributed by atoms with Gasteiger partial charge in [-0.15, -0.1) is 0 Å². The van der Waals surface area contributed by atoms with E-state index >= 15 is 0 Å². The number of hydrogen-bond acceptors (Lipinski definition) is 2. The molecule has 0 aliphatic heterocycles. The lowest BCUT2D eigenvalue weighted by molar-refractivity contribution is 0.578. The van der Waals surface area contributed by atoms with Crippen LogP contribution < -0.4 is 0 Å². The highest BCUT2D eigenvalue weighted by Crippen LogP contribution is 2.33. The Morgan fingerprint density at radius 3 is 2.76 bits per heavy atom. The summed E-state index contributed by atoms with van der Waals surface area (Å²) in [5, 5.41) is 9.81. The van der Waals surface area contributed by atoms with E-state index in [0.717, 1.165) is 5.56 Å². The number of nitrogens with zero attached hydrogens (tertiary/aromatic N) is 1. The van der Waals surface area contributed by atoms with Gasteiger partial charge in [0.15, 0.2) is 5.58 Å². The first kappa shape index (κ1) is 11.9. The molecule has 0 saturated heterocycles. The van der Waals surface area contributed by atoms with Gasteiger partial charge in [0, 0.05) is 10.9 Å². The summed E-state index contributed by atoms with van der Waals surface area (Å²) < 4.78 is 18.7. The first-order chi connectivity index (χ1) is 8.02.